The molecule has 23 heavy (non-hydrogen) atoms. The molecule has 120 valence electrons. The van der Waals surface area contributed by atoms with Crippen LogP contribution in [-0.4, -0.2) is 18.5 Å². The van der Waals surface area contributed by atoms with Crippen molar-refractivity contribution in [3.05, 3.63) is 63.9 Å². The number of anilines is 1. The summed E-state index contributed by atoms with van der Waals surface area (Å²) in [5.41, 5.74) is -1.02. The van der Waals surface area contributed by atoms with Crippen LogP contribution in [0.3, 0.4) is 0 Å². The molecule has 0 radical (unpaired) electrons. The van der Waals surface area contributed by atoms with Gasteiger partial charge in [0, 0.05) is 4.47 Å². The van der Waals surface area contributed by atoms with E-state index in [4.69, 9.17) is 0 Å². The summed E-state index contributed by atoms with van der Waals surface area (Å²) in [6.07, 6.45) is 0. The standard InChI is InChI=1S/C15H9BrF3NO3/c16-8-4-5-10(17)9(6-8)15(22)23-7-13(21)20-14-11(18)2-1-3-12(14)19/h1-6H,7H2,(H,20,21). The summed E-state index contributed by atoms with van der Waals surface area (Å²) in [5, 5.41) is 1.94. The molecule has 8 heteroatoms. The minimum absolute atomic E-state index is 0.371. The lowest BCUT2D eigenvalue weighted by molar-refractivity contribution is -0.119. The van der Waals surface area contributed by atoms with Crippen molar-refractivity contribution in [2.24, 2.45) is 0 Å². The van der Waals surface area contributed by atoms with Crippen molar-refractivity contribution < 1.29 is 27.5 Å². The predicted molar refractivity (Wildman–Crippen MR) is 79.4 cm³/mol. The second kappa shape index (κ2) is 7.28. The molecule has 1 N–H and O–H groups in total. The quantitative estimate of drug-likeness (QED) is 0.814. The van der Waals surface area contributed by atoms with Crippen LogP contribution >= 0.6 is 15.9 Å². The van der Waals surface area contributed by atoms with Crippen LogP contribution in [-0.2, 0) is 9.53 Å². The minimum atomic E-state index is -1.08. The molecule has 0 aromatic heterocycles. The van der Waals surface area contributed by atoms with E-state index in [1.165, 1.54) is 12.1 Å². The Morgan fingerprint density at radius 3 is 2.35 bits per heavy atom. The van der Waals surface area contributed by atoms with Crippen molar-refractivity contribution in [1.82, 2.24) is 0 Å². The zero-order chi connectivity index (χ0) is 17.0. The molecule has 2 aromatic rings. The lowest BCUT2D eigenvalue weighted by Gasteiger charge is -2.08. The largest absolute Gasteiger partial charge is 0.452 e. The number of nitrogens with one attached hydrogen (secondary N) is 1. The van der Waals surface area contributed by atoms with Crippen molar-refractivity contribution in [2.75, 3.05) is 11.9 Å². The molecule has 0 bridgehead atoms. The summed E-state index contributed by atoms with van der Waals surface area (Å²) in [6.45, 7) is -0.821. The summed E-state index contributed by atoms with van der Waals surface area (Å²) in [4.78, 5) is 23.3. The second-order valence-corrected chi connectivity index (χ2v) is 5.26. The molecular weight excluding hydrogens is 379 g/mol. The van der Waals surface area contributed by atoms with Gasteiger partial charge in [0.05, 0.1) is 5.56 Å². The summed E-state index contributed by atoms with van der Waals surface area (Å²) >= 11 is 3.07. The molecule has 0 aliphatic rings. The van der Waals surface area contributed by atoms with E-state index in [2.05, 4.69) is 20.7 Å². The number of ether oxygens (including phenoxy) is 1. The number of rotatable bonds is 4. The van der Waals surface area contributed by atoms with Gasteiger partial charge in [-0.2, -0.15) is 0 Å². The number of benzene rings is 2. The fourth-order valence-corrected chi connectivity index (χ4v) is 2.02. The minimum Gasteiger partial charge on any atom is -0.452 e. The SMILES string of the molecule is O=C(COC(=O)c1cc(Br)ccc1F)Nc1c(F)cccc1F. The first-order valence-electron chi connectivity index (χ1n) is 6.24. The molecule has 0 aliphatic carbocycles. The molecule has 1 amide bonds. The Morgan fingerprint density at radius 1 is 1.04 bits per heavy atom. The van der Waals surface area contributed by atoms with Crippen molar-refractivity contribution in [1.29, 1.82) is 0 Å². The molecule has 0 aliphatic heterocycles. The lowest BCUT2D eigenvalue weighted by atomic mass is 10.2. The summed E-state index contributed by atoms with van der Waals surface area (Å²) in [6, 6.07) is 6.68. The van der Waals surface area contributed by atoms with Gasteiger partial charge in [0.2, 0.25) is 0 Å². The van der Waals surface area contributed by atoms with Crippen LogP contribution in [0.25, 0.3) is 0 Å². The zero-order valence-electron chi connectivity index (χ0n) is 11.4. The molecule has 0 fully saturated rings. The van der Waals surface area contributed by atoms with Gasteiger partial charge in [-0.15, -0.1) is 0 Å². The molecule has 2 rings (SSSR count). The number of amides is 1. The van der Waals surface area contributed by atoms with Crippen LogP contribution in [0.5, 0.6) is 0 Å². The third-order valence-corrected chi connectivity index (χ3v) is 3.20. The average molecular weight is 388 g/mol. The van der Waals surface area contributed by atoms with Gasteiger partial charge in [-0.25, -0.2) is 18.0 Å². The van der Waals surface area contributed by atoms with Crippen molar-refractivity contribution in [3.63, 3.8) is 0 Å². The van der Waals surface area contributed by atoms with Crippen LogP contribution in [0.1, 0.15) is 10.4 Å². The van der Waals surface area contributed by atoms with Crippen LogP contribution in [0.2, 0.25) is 0 Å². The number of carbonyl (C=O) groups excluding carboxylic acids is 2. The van der Waals surface area contributed by atoms with Gasteiger partial charge in [0.25, 0.3) is 5.91 Å². The lowest BCUT2D eigenvalue weighted by Crippen LogP contribution is -2.22. The topological polar surface area (TPSA) is 55.4 Å². The second-order valence-electron chi connectivity index (χ2n) is 4.35. The first-order valence-corrected chi connectivity index (χ1v) is 7.04. The Hall–Kier alpha value is -2.35. The molecule has 0 saturated heterocycles. The van der Waals surface area contributed by atoms with Crippen molar-refractivity contribution >= 4 is 33.5 Å². The summed E-state index contributed by atoms with van der Waals surface area (Å²) in [7, 11) is 0. The molecule has 4 nitrogen and oxygen atoms in total. The van der Waals surface area contributed by atoms with Gasteiger partial charge in [0.1, 0.15) is 23.1 Å². The highest BCUT2D eigenvalue weighted by Gasteiger charge is 2.17. The third kappa shape index (κ3) is 4.32. The summed E-state index contributed by atoms with van der Waals surface area (Å²) in [5.74, 6) is -4.80. The molecule has 0 saturated carbocycles. The Balaban J connectivity index is 1.99. The fraction of sp³-hybridized carbons (Fsp3) is 0.0667. The zero-order valence-corrected chi connectivity index (χ0v) is 13.0. The predicted octanol–water partition coefficient (Wildman–Crippen LogP) is 3.66. The van der Waals surface area contributed by atoms with E-state index in [9.17, 15) is 22.8 Å². The number of para-hydroxylation sites is 1. The van der Waals surface area contributed by atoms with Gasteiger partial charge < -0.3 is 10.1 Å². The number of esters is 1. The Kier molecular flexibility index (Phi) is 5.38. The average Bonchev–Trinajstić information content (AvgIpc) is 2.51. The summed E-state index contributed by atoms with van der Waals surface area (Å²) < 4.78 is 45.3. The molecule has 0 unspecified atom stereocenters. The van der Waals surface area contributed by atoms with E-state index < -0.39 is 41.6 Å². The molecule has 0 spiro atoms. The maximum Gasteiger partial charge on any atom is 0.341 e. The van der Waals surface area contributed by atoms with E-state index in [0.29, 0.717) is 4.47 Å². The molecule has 2 aromatic carbocycles. The highest BCUT2D eigenvalue weighted by Crippen LogP contribution is 2.18. The van der Waals surface area contributed by atoms with Gasteiger partial charge in [-0.1, -0.05) is 22.0 Å². The Labute approximate surface area is 137 Å². The van der Waals surface area contributed by atoms with E-state index in [1.807, 2.05) is 5.32 Å². The number of halogens is 4. The maximum atomic E-state index is 13.5. The van der Waals surface area contributed by atoms with E-state index in [1.54, 1.807) is 0 Å². The van der Waals surface area contributed by atoms with Gasteiger partial charge in [-0.3, -0.25) is 4.79 Å². The van der Waals surface area contributed by atoms with Crippen LogP contribution in [0.15, 0.2) is 40.9 Å². The van der Waals surface area contributed by atoms with Gasteiger partial charge >= 0.3 is 5.97 Å². The molecular formula is C15H9BrF3NO3. The fourth-order valence-electron chi connectivity index (χ4n) is 1.66. The van der Waals surface area contributed by atoms with E-state index in [0.717, 1.165) is 24.3 Å². The Bertz CT molecular complexity index is 747. The van der Waals surface area contributed by atoms with Crippen LogP contribution in [0.4, 0.5) is 18.9 Å². The first kappa shape index (κ1) is 17.0. The van der Waals surface area contributed by atoms with Crippen molar-refractivity contribution in [2.45, 2.75) is 0 Å². The molecule has 0 heterocycles. The highest BCUT2D eigenvalue weighted by atomic mass is 79.9. The monoisotopic (exact) mass is 387 g/mol. The van der Waals surface area contributed by atoms with E-state index in [-0.39, 0.29) is 5.56 Å². The number of hydrogen-bond acceptors (Lipinski definition) is 3. The van der Waals surface area contributed by atoms with E-state index >= 15 is 0 Å². The van der Waals surface area contributed by atoms with Crippen molar-refractivity contribution in [3.8, 4) is 0 Å². The normalized spacial score (nSPS) is 10.3. The van der Waals surface area contributed by atoms with Crippen LogP contribution in [0, 0.1) is 17.5 Å². The van der Waals surface area contributed by atoms with Gasteiger partial charge in [-0.05, 0) is 30.3 Å². The highest BCUT2D eigenvalue weighted by molar-refractivity contribution is 9.10. The first-order chi connectivity index (χ1) is 10.9. The Morgan fingerprint density at radius 2 is 1.70 bits per heavy atom. The smallest absolute Gasteiger partial charge is 0.341 e. The number of hydrogen-bond donors (Lipinski definition) is 1. The number of carbonyl (C=O) groups is 2. The molecule has 0 atom stereocenters. The van der Waals surface area contributed by atoms with Gasteiger partial charge in [0.15, 0.2) is 6.61 Å². The third-order valence-electron chi connectivity index (χ3n) is 2.71. The maximum absolute atomic E-state index is 13.5. The van der Waals surface area contributed by atoms with Crippen LogP contribution < -0.4 is 5.32 Å².